The van der Waals surface area contributed by atoms with Crippen molar-refractivity contribution < 1.29 is 9.32 Å². The molecule has 3 aromatic heterocycles. The third-order valence-corrected chi connectivity index (χ3v) is 5.17. The van der Waals surface area contributed by atoms with Gasteiger partial charge in [0.1, 0.15) is 10.5 Å². The minimum absolute atomic E-state index is 0.0148. The molecular weight excluding hydrogens is 312 g/mol. The van der Waals surface area contributed by atoms with Crippen LogP contribution in [-0.4, -0.2) is 32.5 Å². The van der Waals surface area contributed by atoms with Crippen LogP contribution in [0.3, 0.4) is 0 Å². The number of rotatable bonds is 3. The van der Waals surface area contributed by atoms with Crippen LogP contribution >= 0.6 is 11.3 Å². The highest BCUT2D eigenvalue weighted by molar-refractivity contribution is 7.16. The zero-order chi connectivity index (χ0) is 15.8. The Morgan fingerprint density at radius 1 is 1.52 bits per heavy atom. The smallest absolute Gasteiger partial charge is 0.270 e. The molecule has 0 bridgehead atoms. The molecule has 1 aliphatic heterocycles. The predicted octanol–water partition coefficient (Wildman–Crippen LogP) is 3.54. The molecule has 1 amide bonds. The van der Waals surface area contributed by atoms with E-state index in [0.717, 1.165) is 36.0 Å². The van der Waals surface area contributed by atoms with E-state index in [2.05, 4.69) is 15.1 Å². The number of carbonyl (C=O) groups excluding carboxylic acids is 1. The summed E-state index contributed by atoms with van der Waals surface area (Å²) in [6.07, 6.45) is 3.67. The maximum absolute atomic E-state index is 12.9. The van der Waals surface area contributed by atoms with E-state index >= 15 is 0 Å². The molecule has 1 atom stereocenters. The normalized spacial score (nSPS) is 18.7. The van der Waals surface area contributed by atoms with Gasteiger partial charge >= 0.3 is 0 Å². The summed E-state index contributed by atoms with van der Waals surface area (Å²) in [6.45, 7) is 2.71. The number of amides is 1. The van der Waals surface area contributed by atoms with E-state index in [-0.39, 0.29) is 11.9 Å². The first kappa shape index (κ1) is 14.4. The van der Waals surface area contributed by atoms with Gasteiger partial charge in [0.15, 0.2) is 5.82 Å². The zero-order valence-electron chi connectivity index (χ0n) is 12.9. The minimum atomic E-state index is -0.0957. The highest BCUT2D eigenvalue weighted by Gasteiger charge is 2.32. The number of hydrogen-bond donors (Lipinski definition) is 1. The molecule has 4 rings (SSSR count). The molecular formula is C16H18N4O2S. The maximum atomic E-state index is 12.9. The van der Waals surface area contributed by atoms with Crippen molar-refractivity contribution in [3.05, 3.63) is 34.9 Å². The highest BCUT2D eigenvalue weighted by atomic mass is 32.1. The standard InChI is InChI=1S/C16H18N4O2S/c1-2-13-18-14(19-22-13)12-5-3-4-7-20(12)16(21)11-9-10-6-8-23-15(10)17-11/h6,8-9,12,17H,2-5,7H2,1H3. The molecule has 120 valence electrons. The summed E-state index contributed by atoms with van der Waals surface area (Å²) in [5.74, 6) is 1.27. The van der Waals surface area contributed by atoms with Crippen LogP contribution < -0.4 is 0 Å². The van der Waals surface area contributed by atoms with Crippen molar-refractivity contribution in [1.82, 2.24) is 20.0 Å². The first-order valence-electron chi connectivity index (χ1n) is 7.96. The van der Waals surface area contributed by atoms with Gasteiger partial charge in [-0.3, -0.25) is 4.79 Å². The number of nitrogens with zero attached hydrogens (tertiary/aromatic N) is 3. The molecule has 3 aromatic rings. The summed E-state index contributed by atoms with van der Waals surface area (Å²) in [5.41, 5.74) is 0.637. The van der Waals surface area contributed by atoms with Gasteiger partial charge in [-0.1, -0.05) is 12.1 Å². The summed E-state index contributed by atoms with van der Waals surface area (Å²) in [7, 11) is 0. The van der Waals surface area contributed by atoms with Gasteiger partial charge in [-0.25, -0.2) is 0 Å². The fraction of sp³-hybridized carbons (Fsp3) is 0.438. The lowest BCUT2D eigenvalue weighted by molar-refractivity contribution is 0.0592. The van der Waals surface area contributed by atoms with Crippen molar-refractivity contribution >= 4 is 27.5 Å². The fourth-order valence-electron chi connectivity index (χ4n) is 3.11. The van der Waals surface area contributed by atoms with Crippen molar-refractivity contribution in [3.63, 3.8) is 0 Å². The second-order valence-electron chi connectivity index (χ2n) is 5.80. The van der Waals surface area contributed by atoms with Crippen LogP contribution in [-0.2, 0) is 6.42 Å². The lowest BCUT2D eigenvalue weighted by Gasteiger charge is -2.33. The Labute approximate surface area is 137 Å². The molecule has 1 unspecified atom stereocenters. The Kier molecular flexibility index (Phi) is 3.65. The van der Waals surface area contributed by atoms with Crippen molar-refractivity contribution in [2.45, 2.75) is 38.6 Å². The van der Waals surface area contributed by atoms with Crippen LogP contribution in [0, 0.1) is 0 Å². The number of carbonyl (C=O) groups is 1. The Morgan fingerprint density at radius 2 is 2.43 bits per heavy atom. The van der Waals surface area contributed by atoms with Gasteiger partial charge in [-0.2, -0.15) is 4.98 Å². The number of aromatic amines is 1. The summed E-state index contributed by atoms with van der Waals surface area (Å²) in [4.78, 5) is 23.5. The molecule has 0 radical (unpaired) electrons. The molecule has 7 heteroatoms. The topological polar surface area (TPSA) is 75.0 Å². The van der Waals surface area contributed by atoms with E-state index in [4.69, 9.17) is 4.52 Å². The SMILES string of the molecule is CCc1nc(C2CCCCN2C(=O)c2cc3ccsc3[nH]2)no1. The first-order valence-corrected chi connectivity index (χ1v) is 8.84. The number of hydrogen-bond acceptors (Lipinski definition) is 5. The number of likely N-dealkylation sites (tertiary alicyclic amines) is 1. The van der Waals surface area contributed by atoms with Crippen molar-refractivity contribution in [2.24, 2.45) is 0 Å². The second-order valence-corrected chi connectivity index (χ2v) is 6.71. The molecule has 0 aliphatic carbocycles. The fourth-order valence-corrected chi connectivity index (χ4v) is 3.89. The molecule has 0 spiro atoms. The first-order chi connectivity index (χ1) is 11.3. The van der Waals surface area contributed by atoms with Crippen molar-refractivity contribution in [2.75, 3.05) is 6.54 Å². The number of H-pyrrole nitrogens is 1. The molecule has 1 aliphatic rings. The zero-order valence-corrected chi connectivity index (χ0v) is 13.7. The lowest BCUT2D eigenvalue weighted by Crippen LogP contribution is -2.39. The quantitative estimate of drug-likeness (QED) is 0.797. The van der Waals surface area contributed by atoms with Gasteiger partial charge in [0.25, 0.3) is 5.91 Å². The van der Waals surface area contributed by atoms with E-state index < -0.39 is 0 Å². The van der Waals surface area contributed by atoms with Crippen LogP contribution in [0.25, 0.3) is 10.2 Å². The monoisotopic (exact) mass is 330 g/mol. The van der Waals surface area contributed by atoms with Gasteiger partial charge < -0.3 is 14.4 Å². The Morgan fingerprint density at radius 3 is 3.22 bits per heavy atom. The summed E-state index contributed by atoms with van der Waals surface area (Å²) < 4.78 is 5.23. The van der Waals surface area contributed by atoms with Crippen molar-refractivity contribution in [1.29, 1.82) is 0 Å². The molecule has 1 fully saturated rings. The van der Waals surface area contributed by atoms with Crippen LogP contribution in [0.5, 0.6) is 0 Å². The van der Waals surface area contributed by atoms with Crippen LogP contribution in [0.15, 0.2) is 22.0 Å². The van der Waals surface area contributed by atoms with Gasteiger partial charge in [0.2, 0.25) is 5.89 Å². The lowest BCUT2D eigenvalue weighted by atomic mass is 10.0. The van der Waals surface area contributed by atoms with E-state index in [9.17, 15) is 4.79 Å². The summed E-state index contributed by atoms with van der Waals surface area (Å²) in [6, 6.07) is 3.85. The van der Waals surface area contributed by atoms with Gasteiger partial charge in [0.05, 0.1) is 6.04 Å². The Hall–Kier alpha value is -2.15. The Bertz CT molecular complexity index is 805. The molecule has 23 heavy (non-hydrogen) atoms. The minimum Gasteiger partial charge on any atom is -0.342 e. The van der Waals surface area contributed by atoms with Gasteiger partial charge in [-0.15, -0.1) is 11.3 Å². The number of fused-ring (bicyclic) bond motifs is 1. The maximum Gasteiger partial charge on any atom is 0.270 e. The van der Waals surface area contributed by atoms with Crippen LogP contribution in [0.4, 0.5) is 0 Å². The largest absolute Gasteiger partial charge is 0.342 e. The van der Waals surface area contributed by atoms with E-state index in [1.165, 1.54) is 0 Å². The summed E-state index contributed by atoms with van der Waals surface area (Å²) >= 11 is 1.61. The summed E-state index contributed by atoms with van der Waals surface area (Å²) in [5, 5.41) is 7.18. The number of aromatic nitrogens is 3. The number of piperidine rings is 1. The molecule has 1 N–H and O–H groups in total. The number of aryl methyl sites for hydroxylation is 1. The van der Waals surface area contributed by atoms with Gasteiger partial charge in [-0.05, 0) is 36.8 Å². The molecule has 0 saturated carbocycles. The third kappa shape index (κ3) is 2.55. The highest BCUT2D eigenvalue weighted by Crippen LogP contribution is 2.31. The van der Waals surface area contributed by atoms with E-state index in [1.807, 2.05) is 29.3 Å². The number of thiophene rings is 1. The number of nitrogens with one attached hydrogen (secondary N) is 1. The average molecular weight is 330 g/mol. The second kappa shape index (κ2) is 5.81. The molecule has 6 nitrogen and oxygen atoms in total. The van der Waals surface area contributed by atoms with Crippen LogP contribution in [0.2, 0.25) is 0 Å². The molecule has 1 saturated heterocycles. The van der Waals surface area contributed by atoms with Crippen molar-refractivity contribution in [3.8, 4) is 0 Å². The Balaban J connectivity index is 1.63. The predicted molar refractivity (Wildman–Crippen MR) is 87.5 cm³/mol. The van der Waals surface area contributed by atoms with E-state index in [1.54, 1.807) is 11.3 Å². The third-order valence-electron chi connectivity index (χ3n) is 4.32. The van der Waals surface area contributed by atoms with Gasteiger partial charge in [0, 0.05) is 18.4 Å². The average Bonchev–Trinajstić information content (AvgIpc) is 3.29. The van der Waals surface area contributed by atoms with E-state index in [0.29, 0.717) is 23.8 Å². The molecule has 4 heterocycles. The molecule has 0 aromatic carbocycles. The van der Waals surface area contributed by atoms with Crippen LogP contribution in [0.1, 0.15) is 54.4 Å².